The zero-order valence-corrected chi connectivity index (χ0v) is 12.3. The van der Waals surface area contributed by atoms with E-state index < -0.39 is 0 Å². The van der Waals surface area contributed by atoms with Gasteiger partial charge in [-0.25, -0.2) is 0 Å². The second-order valence-electron chi connectivity index (χ2n) is 5.05. The molecule has 100 valence electrons. The predicted octanol–water partition coefficient (Wildman–Crippen LogP) is 3.32. The lowest BCUT2D eigenvalue weighted by atomic mass is 9.69. The zero-order chi connectivity index (χ0) is 13.2. The number of phenolic OH excluding ortho intramolecular Hbond substituents is 1. The summed E-state index contributed by atoms with van der Waals surface area (Å²) in [5, 5.41) is 10.2. The van der Waals surface area contributed by atoms with Crippen LogP contribution < -0.4 is 10.5 Å². The maximum absolute atomic E-state index is 10.2. The summed E-state index contributed by atoms with van der Waals surface area (Å²) >= 11 is 3.48. The van der Waals surface area contributed by atoms with Gasteiger partial charge in [0.1, 0.15) is 11.5 Å². The van der Waals surface area contributed by atoms with Gasteiger partial charge in [-0.3, -0.25) is 0 Å². The van der Waals surface area contributed by atoms with Crippen molar-refractivity contribution in [1.82, 2.24) is 0 Å². The molecule has 1 aliphatic rings. The first-order valence-corrected chi connectivity index (χ1v) is 7.19. The Morgan fingerprint density at radius 3 is 2.56 bits per heavy atom. The highest BCUT2D eigenvalue weighted by Gasteiger charge is 2.35. The van der Waals surface area contributed by atoms with Crippen LogP contribution in [-0.4, -0.2) is 18.8 Å². The van der Waals surface area contributed by atoms with Crippen molar-refractivity contribution in [3.8, 4) is 11.5 Å². The molecule has 0 radical (unpaired) electrons. The lowest BCUT2D eigenvalue weighted by molar-refractivity contribution is 0.290. The molecule has 4 heteroatoms. The summed E-state index contributed by atoms with van der Waals surface area (Å²) in [6.07, 6.45) is 5.73. The van der Waals surface area contributed by atoms with Gasteiger partial charge in [-0.05, 0) is 34.8 Å². The molecule has 0 bridgehead atoms. The van der Waals surface area contributed by atoms with Crippen molar-refractivity contribution < 1.29 is 9.84 Å². The number of ether oxygens (including phenoxy) is 1. The Balaban J connectivity index is 2.45. The molecule has 1 fully saturated rings. The van der Waals surface area contributed by atoms with E-state index in [0.717, 1.165) is 22.9 Å². The minimum absolute atomic E-state index is 0.0723. The average molecular weight is 314 g/mol. The number of aromatic hydroxyl groups is 1. The molecule has 18 heavy (non-hydrogen) atoms. The minimum atomic E-state index is -0.0723. The summed E-state index contributed by atoms with van der Waals surface area (Å²) in [5.41, 5.74) is 6.89. The molecule has 0 saturated heterocycles. The molecule has 0 aliphatic heterocycles. The minimum Gasteiger partial charge on any atom is -0.508 e. The highest BCUT2D eigenvalue weighted by atomic mass is 79.9. The second kappa shape index (κ2) is 5.49. The number of hydrogen-bond donors (Lipinski definition) is 2. The lowest BCUT2D eigenvalue weighted by Crippen LogP contribution is -2.37. The van der Waals surface area contributed by atoms with Crippen LogP contribution in [-0.2, 0) is 5.41 Å². The first-order valence-electron chi connectivity index (χ1n) is 6.40. The number of nitrogens with two attached hydrogens (primary N) is 1. The molecule has 1 aromatic carbocycles. The van der Waals surface area contributed by atoms with Crippen LogP contribution in [0.25, 0.3) is 0 Å². The van der Waals surface area contributed by atoms with Crippen LogP contribution in [0.1, 0.15) is 37.7 Å². The number of hydrogen-bond acceptors (Lipinski definition) is 3. The van der Waals surface area contributed by atoms with Gasteiger partial charge < -0.3 is 15.6 Å². The third-order valence-electron chi connectivity index (χ3n) is 4.04. The highest BCUT2D eigenvalue weighted by molar-refractivity contribution is 9.10. The molecular weight excluding hydrogens is 294 g/mol. The maximum Gasteiger partial charge on any atom is 0.136 e. The Morgan fingerprint density at radius 2 is 2.00 bits per heavy atom. The first-order chi connectivity index (χ1) is 8.63. The molecule has 3 nitrogen and oxygen atoms in total. The molecule has 3 N–H and O–H groups in total. The van der Waals surface area contributed by atoms with Gasteiger partial charge in [0, 0.05) is 23.6 Å². The van der Waals surface area contributed by atoms with Crippen LogP contribution in [0.3, 0.4) is 0 Å². The van der Waals surface area contributed by atoms with Gasteiger partial charge in [-0.2, -0.15) is 0 Å². The van der Waals surface area contributed by atoms with E-state index in [1.165, 1.54) is 19.3 Å². The predicted molar refractivity (Wildman–Crippen MR) is 76.2 cm³/mol. The maximum atomic E-state index is 10.2. The summed E-state index contributed by atoms with van der Waals surface area (Å²) in [6, 6.07) is 3.64. The second-order valence-corrected chi connectivity index (χ2v) is 5.90. The van der Waals surface area contributed by atoms with Crippen molar-refractivity contribution in [2.75, 3.05) is 13.7 Å². The monoisotopic (exact) mass is 313 g/mol. The van der Waals surface area contributed by atoms with E-state index in [1.807, 2.05) is 6.07 Å². The summed E-state index contributed by atoms with van der Waals surface area (Å²) in [4.78, 5) is 0. The number of benzene rings is 1. The number of phenols is 1. The van der Waals surface area contributed by atoms with E-state index in [2.05, 4.69) is 15.9 Å². The number of halogens is 1. The van der Waals surface area contributed by atoms with E-state index in [0.29, 0.717) is 18.0 Å². The van der Waals surface area contributed by atoms with Gasteiger partial charge in [0.25, 0.3) is 0 Å². The fraction of sp³-hybridized carbons (Fsp3) is 0.571. The van der Waals surface area contributed by atoms with Gasteiger partial charge >= 0.3 is 0 Å². The van der Waals surface area contributed by atoms with Crippen molar-refractivity contribution in [3.05, 3.63) is 22.2 Å². The molecule has 0 spiro atoms. The topological polar surface area (TPSA) is 55.5 Å². The summed E-state index contributed by atoms with van der Waals surface area (Å²) < 4.78 is 6.07. The SMILES string of the molecule is COc1cc(O)c(C2(CN)CCCCC2)cc1Br. The zero-order valence-electron chi connectivity index (χ0n) is 10.7. The van der Waals surface area contributed by atoms with Crippen LogP contribution in [0, 0.1) is 0 Å². The smallest absolute Gasteiger partial charge is 0.136 e. The standard InChI is InChI=1S/C14H20BrNO2/c1-18-13-8-12(17)10(7-11(13)15)14(9-16)5-3-2-4-6-14/h7-8,17H,2-6,9,16H2,1H3. The van der Waals surface area contributed by atoms with Gasteiger partial charge in [-0.15, -0.1) is 0 Å². The molecule has 1 aromatic rings. The van der Waals surface area contributed by atoms with Crippen LogP contribution in [0.4, 0.5) is 0 Å². The van der Waals surface area contributed by atoms with Crippen molar-refractivity contribution in [3.63, 3.8) is 0 Å². The van der Waals surface area contributed by atoms with Crippen molar-refractivity contribution in [2.24, 2.45) is 5.73 Å². The van der Waals surface area contributed by atoms with Gasteiger partial charge in [0.15, 0.2) is 0 Å². The first kappa shape index (κ1) is 13.7. The molecular formula is C14H20BrNO2. The molecule has 0 amide bonds. The summed E-state index contributed by atoms with van der Waals surface area (Å²) in [7, 11) is 1.60. The molecule has 0 unspecified atom stereocenters. The highest BCUT2D eigenvalue weighted by Crippen LogP contribution is 2.45. The molecule has 2 rings (SSSR count). The van der Waals surface area contributed by atoms with E-state index in [-0.39, 0.29) is 5.41 Å². The Labute approximate surface area is 116 Å². The quantitative estimate of drug-likeness (QED) is 0.900. The Bertz CT molecular complexity index is 428. The van der Waals surface area contributed by atoms with E-state index in [4.69, 9.17) is 10.5 Å². The average Bonchev–Trinajstić information content (AvgIpc) is 2.41. The third-order valence-corrected chi connectivity index (χ3v) is 4.66. The van der Waals surface area contributed by atoms with Crippen LogP contribution in [0.2, 0.25) is 0 Å². The van der Waals surface area contributed by atoms with Crippen LogP contribution >= 0.6 is 15.9 Å². The van der Waals surface area contributed by atoms with Gasteiger partial charge in [0.05, 0.1) is 11.6 Å². The fourth-order valence-corrected chi connectivity index (χ4v) is 3.44. The van der Waals surface area contributed by atoms with E-state index >= 15 is 0 Å². The Morgan fingerprint density at radius 1 is 1.33 bits per heavy atom. The Kier molecular flexibility index (Phi) is 4.17. The van der Waals surface area contributed by atoms with Gasteiger partial charge in [0.2, 0.25) is 0 Å². The van der Waals surface area contributed by atoms with E-state index in [1.54, 1.807) is 13.2 Å². The van der Waals surface area contributed by atoms with Gasteiger partial charge in [-0.1, -0.05) is 19.3 Å². The fourth-order valence-electron chi connectivity index (χ4n) is 2.94. The lowest BCUT2D eigenvalue weighted by Gasteiger charge is -2.37. The summed E-state index contributed by atoms with van der Waals surface area (Å²) in [6.45, 7) is 0.583. The largest absolute Gasteiger partial charge is 0.508 e. The molecule has 0 aromatic heterocycles. The number of rotatable bonds is 3. The Hall–Kier alpha value is -0.740. The number of methoxy groups -OCH3 is 1. The van der Waals surface area contributed by atoms with E-state index in [9.17, 15) is 5.11 Å². The van der Waals surface area contributed by atoms with Crippen LogP contribution in [0.15, 0.2) is 16.6 Å². The normalized spacial score (nSPS) is 18.6. The van der Waals surface area contributed by atoms with Crippen molar-refractivity contribution in [1.29, 1.82) is 0 Å². The van der Waals surface area contributed by atoms with Crippen molar-refractivity contribution in [2.45, 2.75) is 37.5 Å². The molecule has 0 heterocycles. The third kappa shape index (κ3) is 2.36. The molecule has 0 atom stereocenters. The summed E-state index contributed by atoms with van der Waals surface area (Å²) in [5.74, 6) is 0.946. The molecule has 1 aliphatic carbocycles. The van der Waals surface area contributed by atoms with Crippen molar-refractivity contribution >= 4 is 15.9 Å². The molecule has 1 saturated carbocycles. The van der Waals surface area contributed by atoms with Crippen LogP contribution in [0.5, 0.6) is 11.5 Å².